The van der Waals surface area contributed by atoms with Crippen molar-refractivity contribution >= 4 is 13.6 Å². The molecule has 2 radical (unpaired) electrons. The molecule has 1 spiro atoms. The SMILES string of the molecule is [B]C1=CC2C(=O)[C@@]3(CO3)C1CC2c1ccccc1. The molecule has 1 saturated carbocycles. The summed E-state index contributed by atoms with van der Waals surface area (Å²) in [6.07, 6.45) is 2.89. The second-order valence-corrected chi connectivity index (χ2v) is 5.54. The molecule has 1 aromatic rings. The minimum absolute atomic E-state index is 0.0835. The molecule has 0 amide bonds. The monoisotopic (exact) mass is 236 g/mol. The fourth-order valence-electron chi connectivity index (χ4n) is 3.61. The summed E-state index contributed by atoms with van der Waals surface area (Å²) in [6, 6.07) is 10.3. The molecule has 3 unspecified atom stereocenters. The Bertz CT molecular complexity index is 545. The molecular formula is C15H13BO2. The van der Waals surface area contributed by atoms with Crippen molar-refractivity contribution in [2.24, 2.45) is 11.8 Å². The first-order valence-electron chi connectivity index (χ1n) is 6.43. The Morgan fingerprint density at radius 2 is 2.00 bits per heavy atom. The van der Waals surface area contributed by atoms with Gasteiger partial charge in [0.25, 0.3) is 0 Å². The Morgan fingerprint density at radius 3 is 2.67 bits per heavy atom. The van der Waals surface area contributed by atoms with Gasteiger partial charge in [-0.1, -0.05) is 36.4 Å². The van der Waals surface area contributed by atoms with Crippen LogP contribution in [0.5, 0.6) is 0 Å². The van der Waals surface area contributed by atoms with Crippen molar-refractivity contribution in [1.82, 2.24) is 0 Å². The van der Waals surface area contributed by atoms with Crippen molar-refractivity contribution in [3.63, 3.8) is 0 Å². The Balaban J connectivity index is 1.77. The first kappa shape index (κ1) is 10.6. The van der Waals surface area contributed by atoms with Gasteiger partial charge >= 0.3 is 0 Å². The summed E-state index contributed by atoms with van der Waals surface area (Å²) in [6.45, 7) is 0.559. The molecule has 0 N–H and O–H groups in total. The van der Waals surface area contributed by atoms with Gasteiger partial charge in [0.05, 0.1) is 6.61 Å². The number of hydrogen-bond donors (Lipinski definition) is 0. The van der Waals surface area contributed by atoms with Crippen LogP contribution < -0.4 is 0 Å². The number of carbonyl (C=O) groups is 1. The van der Waals surface area contributed by atoms with Gasteiger partial charge < -0.3 is 4.74 Å². The van der Waals surface area contributed by atoms with Crippen LogP contribution >= 0.6 is 0 Å². The molecule has 1 heterocycles. The summed E-state index contributed by atoms with van der Waals surface area (Å²) in [5.41, 5.74) is 1.54. The van der Waals surface area contributed by atoms with E-state index in [4.69, 9.17) is 12.6 Å². The van der Waals surface area contributed by atoms with Crippen molar-refractivity contribution in [1.29, 1.82) is 0 Å². The normalized spacial score (nSPS) is 41.0. The number of ketones is 1. The van der Waals surface area contributed by atoms with Crippen LogP contribution in [0.1, 0.15) is 17.9 Å². The highest BCUT2D eigenvalue weighted by Crippen LogP contribution is 2.56. The van der Waals surface area contributed by atoms with E-state index in [-0.39, 0.29) is 23.5 Å². The minimum atomic E-state index is -0.547. The lowest BCUT2D eigenvalue weighted by Gasteiger charge is -2.44. The number of carbonyl (C=O) groups excluding carboxylic acids is 1. The lowest BCUT2D eigenvalue weighted by atomic mass is 9.55. The summed E-state index contributed by atoms with van der Waals surface area (Å²) in [5, 5.41) is 0. The van der Waals surface area contributed by atoms with E-state index in [0.29, 0.717) is 6.61 Å². The molecule has 1 aromatic carbocycles. The largest absolute Gasteiger partial charge is 0.361 e. The van der Waals surface area contributed by atoms with Crippen molar-refractivity contribution in [2.75, 3.05) is 6.61 Å². The predicted molar refractivity (Wildman–Crippen MR) is 68.3 cm³/mol. The fourth-order valence-corrected chi connectivity index (χ4v) is 3.61. The van der Waals surface area contributed by atoms with Gasteiger partial charge in [-0.3, -0.25) is 4.79 Å². The van der Waals surface area contributed by atoms with Gasteiger partial charge in [0, 0.05) is 11.8 Å². The maximum atomic E-state index is 12.5. The smallest absolute Gasteiger partial charge is 0.174 e. The van der Waals surface area contributed by atoms with Gasteiger partial charge in [-0.05, 0) is 17.9 Å². The van der Waals surface area contributed by atoms with Gasteiger partial charge in [0.1, 0.15) is 7.85 Å². The predicted octanol–water partition coefficient (Wildman–Crippen LogP) is 1.81. The summed E-state index contributed by atoms with van der Waals surface area (Å²) in [7, 11) is 6.07. The van der Waals surface area contributed by atoms with Crippen LogP contribution in [0.3, 0.4) is 0 Å². The summed E-state index contributed by atoms with van der Waals surface area (Å²) in [5.74, 6) is 0.493. The van der Waals surface area contributed by atoms with Crippen LogP contribution in [0.15, 0.2) is 41.9 Å². The number of ether oxygens (including phenoxy) is 1. The van der Waals surface area contributed by atoms with Crippen LogP contribution in [0, 0.1) is 11.8 Å². The van der Waals surface area contributed by atoms with Crippen molar-refractivity contribution in [3.8, 4) is 0 Å². The third-order valence-electron chi connectivity index (χ3n) is 4.66. The van der Waals surface area contributed by atoms with Crippen molar-refractivity contribution in [3.05, 3.63) is 47.4 Å². The molecular weight excluding hydrogens is 223 g/mol. The molecule has 2 fully saturated rings. The highest BCUT2D eigenvalue weighted by atomic mass is 16.6. The van der Waals surface area contributed by atoms with E-state index in [0.717, 1.165) is 11.9 Å². The third kappa shape index (κ3) is 1.20. The maximum absolute atomic E-state index is 12.5. The second-order valence-electron chi connectivity index (χ2n) is 5.54. The molecule has 2 nitrogen and oxygen atoms in total. The quantitative estimate of drug-likeness (QED) is 0.549. The number of fused-ring (bicyclic) bond motifs is 1. The first-order valence-corrected chi connectivity index (χ1v) is 6.43. The highest BCUT2D eigenvalue weighted by molar-refractivity contribution is 6.23. The molecule has 18 heavy (non-hydrogen) atoms. The Morgan fingerprint density at radius 1 is 1.28 bits per heavy atom. The van der Waals surface area contributed by atoms with Gasteiger partial charge in [-0.25, -0.2) is 0 Å². The van der Waals surface area contributed by atoms with E-state index < -0.39 is 5.60 Å². The lowest BCUT2D eigenvalue weighted by molar-refractivity contribution is -0.132. The van der Waals surface area contributed by atoms with E-state index in [9.17, 15) is 4.79 Å². The van der Waals surface area contributed by atoms with Crippen LogP contribution in [0.25, 0.3) is 0 Å². The molecule has 1 aliphatic heterocycles. The molecule has 5 rings (SSSR count). The van der Waals surface area contributed by atoms with Crippen molar-refractivity contribution < 1.29 is 9.53 Å². The molecule has 2 bridgehead atoms. The molecule has 88 valence electrons. The van der Waals surface area contributed by atoms with E-state index in [2.05, 4.69) is 12.1 Å². The van der Waals surface area contributed by atoms with Gasteiger partial charge in [-0.15, -0.1) is 5.47 Å². The van der Waals surface area contributed by atoms with E-state index in [1.165, 1.54) is 5.56 Å². The van der Waals surface area contributed by atoms with E-state index in [1.807, 2.05) is 24.3 Å². The van der Waals surface area contributed by atoms with Crippen LogP contribution in [0.4, 0.5) is 0 Å². The van der Waals surface area contributed by atoms with Gasteiger partial charge in [0.2, 0.25) is 0 Å². The standard InChI is InChI=1S/C15H13BO2/c16-13-7-11-10(9-4-2-1-3-5-9)6-12(13)15(8-18-15)14(11)17/h1-5,7,10-12H,6,8H2/t10?,11?,12?,15-/m1/s1. The molecule has 1 saturated heterocycles. The number of benzene rings is 1. The number of rotatable bonds is 1. The highest BCUT2D eigenvalue weighted by Gasteiger charge is 2.65. The fraction of sp³-hybridized carbons (Fsp3) is 0.400. The molecule has 4 aliphatic rings. The Labute approximate surface area is 107 Å². The number of Topliss-reactive ketones (excluding diaryl/α,β-unsaturated/α-hetero) is 1. The topological polar surface area (TPSA) is 29.6 Å². The zero-order valence-corrected chi connectivity index (χ0v) is 10.0. The summed E-state index contributed by atoms with van der Waals surface area (Å²) in [4.78, 5) is 12.5. The Kier molecular flexibility index (Phi) is 1.97. The molecule has 4 atom stereocenters. The summed E-state index contributed by atoms with van der Waals surface area (Å²) < 4.78 is 5.47. The van der Waals surface area contributed by atoms with Crippen molar-refractivity contribution in [2.45, 2.75) is 17.9 Å². The minimum Gasteiger partial charge on any atom is -0.361 e. The first-order chi connectivity index (χ1) is 8.72. The number of allylic oxidation sites excluding steroid dienone is 1. The number of epoxide rings is 1. The average Bonchev–Trinajstić information content (AvgIpc) is 3.18. The molecule has 3 aliphatic carbocycles. The molecule has 3 heteroatoms. The van der Waals surface area contributed by atoms with Gasteiger partial charge in [-0.2, -0.15) is 0 Å². The second kappa shape index (κ2) is 3.36. The lowest BCUT2D eigenvalue weighted by Crippen LogP contribution is -2.50. The maximum Gasteiger partial charge on any atom is 0.174 e. The van der Waals surface area contributed by atoms with Crippen LogP contribution in [-0.2, 0) is 9.53 Å². The van der Waals surface area contributed by atoms with Crippen LogP contribution in [0.2, 0.25) is 0 Å². The van der Waals surface area contributed by atoms with Gasteiger partial charge in [0.15, 0.2) is 11.4 Å². The van der Waals surface area contributed by atoms with E-state index >= 15 is 0 Å². The zero-order valence-electron chi connectivity index (χ0n) is 10.0. The summed E-state index contributed by atoms with van der Waals surface area (Å²) >= 11 is 0. The third-order valence-corrected chi connectivity index (χ3v) is 4.66. The molecule has 0 aromatic heterocycles. The average molecular weight is 236 g/mol. The Hall–Kier alpha value is -1.35. The zero-order chi connectivity index (χ0) is 12.3. The number of hydrogen-bond acceptors (Lipinski definition) is 2. The van der Waals surface area contributed by atoms with E-state index in [1.54, 1.807) is 0 Å². The van der Waals surface area contributed by atoms with Crippen LogP contribution in [-0.4, -0.2) is 25.8 Å².